The van der Waals surface area contributed by atoms with Crippen LogP contribution in [0.4, 0.5) is 5.82 Å². The second kappa shape index (κ2) is 4.66. The van der Waals surface area contributed by atoms with E-state index in [0.717, 1.165) is 0 Å². The van der Waals surface area contributed by atoms with Crippen LogP contribution in [0, 0.1) is 0 Å². The van der Waals surface area contributed by atoms with E-state index in [9.17, 15) is 4.79 Å². The maximum absolute atomic E-state index is 11.4. The normalized spacial score (nSPS) is 10.7. The van der Waals surface area contributed by atoms with Crippen LogP contribution < -0.4 is 5.73 Å². The van der Waals surface area contributed by atoms with Crippen molar-refractivity contribution in [3.63, 3.8) is 0 Å². The number of aromatic nitrogens is 4. The largest absolute Gasteiger partial charge is 0.465 e. The lowest BCUT2D eigenvalue weighted by atomic mass is 10.4. The molecule has 90 valence electrons. The van der Waals surface area contributed by atoms with Gasteiger partial charge in [-0.3, -0.25) is 4.79 Å². The van der Waals surface area contributed by atoms with Crippen molar-refractivity contribution in [1.29, 1.82) is 0 Å². The van der Waals surface area contributed by atoms with E-state index in [1.54, 1.807) is 6.92 Å². The molecular weight excluding hydrogens is 290 g/mol. The second-order valence-electron chi connectivity index (χ2n) is 3.21. The fraction of sp³-hybridized carbons (Fsp3) is 0.333. The summed E-state index contributed by atoms with van der Waals surface area (Å²) in [5.74, 6) is -0.0569. The molecule has 0 aromatic carbocycles. The minimum Gasteiger partial charge on any atom is -0.465 e. The van der Waals surface area contributed by atoms with Gasteiger partial charge in [0.1, 0.15) is 23.3 Å². The van der Waals surface area contributed by atoms with E-state index in [1.807, 2.05) is 0 Å². The van der Waals surface area contributed by atoms with Crippen molar-refractivity contribution in [2.45, 2.75) is 13.5 Å². The smallest absolute Gasteiger partial charge is 0.327 e. The Bertz CT molecular complexity index is 568. The Kier molecular flexibility index (Phi) is 3.23. The van der Waals surface area contributed by atoms with Crippen LogP contribution in [0.2, 0.25) is 0 Å². The number of carbonyl (C=O) groups excluding carboxylic acids is 1. The Balaban J connectivity index is 2.42. The molecule has 0 saturated carbocycles. The van der Waals surface area contributed by atoms with E-state index < -0.39 is 0 Å². The number of rotatable bonds is 3. The van der Waals surface area contributed by atoms with Crippen molar-refractivity contribution in [3.05, 3.63) is 10.9 Å². The third-order valence-electron chi connectivity index (χ3n) is 2.10. The average Bonchev–Trinajstić information content (AvgIpc) is 2.57. The SMILES string of the molecule is CCOC(=O)Cn1nc(Br)c2c(N)ncnc21. The molecule has 0 amide bonds. The topological polar surface area (TPSA) is 95.9 Å². The number of hydrogen-bond acceptors (Lipinski definition) is 6. The molecule has 2 heterocycles. The number of halogens is 1. The quantitative estimate of drug-likeness (QED) is 0.840. The number of nitrogens with two attached hydrogens (primary N) is 1. The van der Waals surface area contributed by atoms with Gasteiger partial charge in [0.25, 0.3) is 0 Å². The number of nitrogens with zero attached hydrogens (tertiary/aromatic N) is 4. The summed E-state index contributed by atoms with van der Waals surface area (Å²) in [7, 11) is 0. The number of ether oxygens (including phenoxy) is 1. The van der Waals surface area contributed by atoms with Crippen LogP contribution in [0.1, 0.15) is 6.92 Å². The molecule has 0 aliphatic carbocycles. The molecule has 0 spiro atoms. The van der Waals surface area contributed by atoms with Gasteiger partial charge < -0.3 is 10.5 Å². The molecule has 0 aliphatic heterocycles. The van der Waals surface area contributed by atoms with Crippen LogP contribution in [0.5, 0.6) is 0 Å². The summed E-state index contributed by atoms with van der Waals surface area (Å²) in [6.45, 7) is 2.07. The van der Waals surface area contributed by atoms with Gasteiger partial charge >= 0.3 is 5.97 Å². The van der Waals surface area contributed by atoms with Crippen molar-refractivity contribution in [3.8, 4) is 0 Å². The molecule has 0 saturated heterocycles. The van der Waals surface area contributed by atoms with Crippen LogP contribution in [-0.4, -0.2) is 32.3 Å². The summed E-state index contributed by atoms with van der Waals surface area (Å²) >= 11 is 3.25. The van der Waals surface area contributed by atoms with E-state index in [-0.39, 0.29) is 12.5 Å². The van der Waals surface area contributed by atoms with Gasteiger partial charge in [0.2, 0.25) is 0 Å². The summed E-state index contributed by atoms with van der Waals surface area (Å²) < 4.78 is 6.78. The highest BCUT2D eigenvalue weighted by molar-refractivity contribution is 9.10. The summed E-state index contributed by atoms with van der Waals surface area (Å²) in [4.78, 5) is 19.3. The van der Waals surface area contributed by atoms with Crippen LogP contribution in [0.3, 0.4) is 0 Å². The fourth-order valence-corrected chi connectivity index (χ4v) is 2.00. The molecule has 2 N–H and O–H groups in total. The van der Waals surface area contributed by atoms with E-state index in [0.29, 0.717) is 28.1 Å². The molecular formula is C9H10BrN5O2. The third kappa shape index (κ3) is 2.21. The Hall–Kier alpha value is -1.70. The van der Waals surface area contributed by atoms with Gasteiger partial charge in [0, 0.05) is 0 Å². The summed E-state index contributed by atoms with van der Waals surface area (Å²) in [6, 6.07) is 0. The third-order valence-corrected chi connectivity index (χ3v) is 2.66. The lowest BCUT2D eigenvalue weighted by molar-refractivity contribution is -0.143. The highest BCUT2D eigenvalue weighted by Crippen LogP contribution is 2.25. The van der Waals surface area contributed by atoms with Crippen molar-refractivity contribution in [2.75, 3.05) is 12.3 Å². The van der Waals surface area contributed by atoms with E-state index in [1.165, 1.54) is 11.0 Å². The van der Waals surface area contributed by atoms with Crippen molar-refractivity contribution >= 4 is 38.8 Å². The lowest BCUT2D eigenvalue weighted by Crippen LogP contribution is -2.14. The van der Waals surface area contributed by atoms with Gasteiger partial charge in [-0.2, -0.15) is 5.10 Å². The molecule has 17 heavy (non-hydrogen) atoms. The van der Waals surface area contributed by atoms with Gasteiger partial charge in [-0.1, -0.05) is 0 Å². The molecule has 7 nitrogen and oxygen atoms in total. The molecule has 2 rings (SSSR count). The average molecular weight is 300 g/mol. The molecule has 0 bridgehead atoms. The number of carbonyl (C=O) groups is 1. The first-order valence-corrected chi connectivity index (χ1v) is 5.71. The Morgan fingerprint density at radius 2 is 2.35 bits per heavy atom. The molecule has 0 aliphatic rings. The predicted octanol–water partition coefficient (Wildman–Crippen LogP) is 0.734. The number of fused-ring (bicyclic) bond motifs is 1. The van der Waals surface area contributed by atoms with E-state index in [2.05, 4.69) is 31.0 Å². The molecule has 8 heteroatoms. The van der Waals surface area contributed by atoms with E-state index >= 15 is 0 Å². The number of anilines is 1. The second-order valence-corrected chi connectivity index (χ2v) is 3.96. The number of esters is 1. The molecule has 0 fully saturated rings. The van der Waals surface area contributed by atoms with E-state index in [4.69, 9.17) is 10.5 Å². The van der Waals surface area contributed by atoms with Crippen LogP contribution in [-0.2, 0) is 16.1 Å². The molecule has 0 atom stereocenters. The van der Waals surface area contributed by atoms with Crippen molar-refractivity contribution in [2.24, 2.45) is 0 Å². The molecule has 2 aromatic heterocycles. The highest BCUT2D eigenvalue weighted by Gasteiger charge is 2.15. The first-order chi connectivity index (χ1) is 8.13. The minimum atomic E-state index is -0.374. The fourth-order valence-electron chi connectivity index (χ4n) is 1.43. The first kappa shape index (κ1) is 11.8. The van der Waals surface area contributed by atoms with Gasteiger partial charge in [-0.05, 0) is 22.9 Å². The van der Waals surface area contributed by atoms with Gasteiger partial charge in [0.15, 0.2) is 5.65 Å². The molecule has 0 radical (unpaired) electrons. The Morgan fingerprint density at radius 1 is 1.59 bits per heavy atom. The molecule has 2 aromatic rings. The Labute approximate surface area is 105 Å². The lowest BCUT2D eigenvalue weighted by Gasteiger charge is -2.02. The first-order valence-electron chi connectivity index (χ1n) is 4.91. The van der Waals surface area contributed by atoms with Crippen molar-refractivity contribution < 1.29 is 9.53 Å². The number of hydrogen-bond donors (Lipinski definition) is 1. The van der Waals surface area contributed by atoms with Gasteiger partial charge in [-0.15, -0.1) is 0 Å². The zero-order chi connectivity index (χ0) is 12.4. The zero-order valence-electron chi connectivity index (χ0n) is 9.05. The van der Waals surface area contributed by atoms with Gasteiger partial charge in [-0.25, -0.2) is 14.6 Å². The van der Waals surface area contributed by atoms with Crippen molar-refractivity contribution in [1.82, 2.24) is 19.7 Å². The predicted molar refractivity (Wildman–Crippen MR) is 64.1 cm³/mol. The number of nitrogen functional groups attached to an aromatic ring is 1. The summed E-state index contributed by atoms with van der Waals surface area (Å²) in [5, 5.41) is 4.72. The molecule has 0 unspecified atom stereocenters. The summed E-state index contributed by atoms with van der Waals surface area (Å²) in [5.41, 5.74) is 6.21. The standard InChI is InChI=1S/C9H10BrN5O2/c1-2-17-5(16)3-15-9-6(7(10)14-15)8(11)12-4-13-9/h4H,2-3H2,1H3,(H2,11,12,13). The van der Waals surface area contributed by atoms with Crippen LogP contribution in [0.15, 0.2) is 10.9 Å². The van der Waals surface area contributed by atoms with Gasteiger partial charge in [0.05, 0.1) is 12.0 Å². The van der Waals surface area contributed by atoms with Crippen LogP contribution in [0.25, 0.3) is 11.0 Å². The van der Waals surface area contributed by atoms with Crippen LogP contribution >= 0.6 is 15.9 Å². The Morgan fingerprint density at radius 3 is 3.06 bits per heavy atom. The monoisotopic (exact) mass is 299 g/mol. The minimum absolute atomic E-state index is 0.00755. The summed E-state index contributed by atoms with van der Waals surface area (Å²) in [6.07, 6.45) is 1.33. The zero-order valence-corrected chi connectivity index (χ0v) is 10.6. The maximum Gasteiger partial charge on any atom is 0.327 e. The maximum atomic E-state index is 11.4. The highest BCUT2D eigenvalue weighted by atomic mass is 79.9.